The number of aryl methyl sites for hydroxylation is 1. The maximum absolute atomic E-state index is 14.2. The first-order valence-corrected chi connectivity index (χ1v) is 6.00. The highest BCUT2D eigenvalue weighted by molar-refractivity contribution is 5.87. The molecule has 0 radical (unpaired) electrons. The molecule has 2 aromatic carbocycles. The van der Waals surface area contributed by atoms with Crippen molar-refractivity contribution in [3.63, 3.8) is 0 Å². The topological polar surface area (TPSA) is 37.3 Å². The van der Waals surface area contributed by atoms with Crippen LogP contribution >= 0.6 is 0 Å². The first kappa shape index (κ1) is 13.5. The van der Waals surface area contributed by atoms with Gasteiger partial charge < -0.3 is 5.11 Å². The van der Waals surface area contributed by atoms with Crippen LogP contribution in [0.1, 0.15) is 24.0 Å². The number of fused-ring (bicyclic) bond motifs is 1. The van der Waals surface area contributed by atoms with Crippen molar-refractivity contribution in [2.75, 3.05) is 0 Å². The summed E-state index contributed by atoms with van der Waals surface area (Å²) >= 11 is 0. The normalized spacial score (nSPS) is 11.7. The highest BCUT2D eigenvalue weighted by Gasteiger charge is 2.35. The number of alkyl halides is 2. The molecule has 100 valence electrons. The summed E-state index contributed by atoms with van der Waals surface area (Å²) in [5, 5.41) is 9.79. The van der Waals surface area contributed by atoms with Crippen molar-refractivity contribution in [3.8, 4) is 0 Å². The molecule has 0 saturated heterocycles. The number of rotatable bonds is 4. The molecule has 0 aliphatic rings. The average molecular weight is 264 g/mol. The molecule has 2 rings (SSSR count). The van der Waals surface area contributed by atoms with Crippen LogP contribution in [-0.2, 0) is 10.7 Å². The van der Waals surface area contributed by atoms with E-state index < -0.39 is 24.7 Å². The Kier molecular flexibility index (Phi) is 3.51. The van der Waals surface area contributed by atoms with E-state index in [1.54, 1.807) is 43.3 Å². The molecular formula is C15H14F2O2. The third-order valence-corrected chi connectivity index (χ3v) is 3.16. The molecule has 0 aliphatic heterocycles. The van der Waals surface area contributed by atoms with Gasteiger partial charge in [-0.25, -0.2) is 8.78 Å². The SMILES string of the molecule is Cc1ccc2ccccc2c1C(F)(F)CCC(=O)O. The zero-order valence-corrected chi connectivity index (χ0v) is 10.5. The molecule has 2 aromatic rings. The molecule has 0 heterocycles. The fourth-order valence-electron chi connectivity index (χ4n) is 2.25. The van der Waals surface area contributed by atoms with Crippen molar-refractivity contribution in [1.29, 1.82) is 0 Å². The van der Waals surface area contributed by atoms with E-state index in [9.17, 15) is 13.6 Å². The van der Waals surface area contributed by atoms with Gasteiger partial charge in [-0.05, 0) is 23.3 Å². The smallest absolute Gasteiger partial charge is 0.303 e. The van der Waals surface area contributed by atoms with Gasteiger partial charge in [0.15, 0.2) is 0 Å². The monoisotopic (exact) mass is 264 g/mol. The molecule has 0 saturated carbocycles. The van der Waals surface area contributed by atoms with Crippen molar-refractivity contribution < 1.29 is 18.7 Å². The quantitative estimate of drug-likeness (QED) is 0.902. The van der Waals surface area contributed by atoms with Crippen molar-refractivity contribution in [2.24, 2.45) is 0 Å². The zero-order chi connectivity index (χ0) is 14.0. The molecular weight excluding hydrogens is 250 g/mol. The summed E-state index contributed by atoms with van der Waals surface area (Å²) in [6, 6.07) is 10.3. The Bertz CT molecular complexity index is 621. The third-order valence-electron chi connectivity index (χ3n) is 3.16. The minimum absolute atomic E-state index is 0.0631. The number of carbonyl (C=O) groups is 1. The van der Waals surface area contributed by atoms with Gasteiger partial charge >= 0.3 is 5.97 Å². The van der Waals surface area contributed by atoms with Crippen LogP contribution in [0.3, 0.4) is 0 Å². The molecule has 19 heavy (non-hydrogen) atoms. The second kappa shape index (κ2) is 4.96. The number of aliphatic carboxylic acids is 1. The van der Waals surface area contributed by atoms with Crippen molar-refractivity contribution in [2.45, 2.75) is 25.7 Å². The summed E-state index contributed by atoms with van der Waals surface area (Å²) in [4.78, 5) is 10.5. The van der Waals surface area contributed by atoms with E-state index in [1.165, 1.54) is 0 Å². The second-order valence-electron chi connectivity index (χ2n) is 4.58. The largest absolute Gasteiger partial charge is 0.481 e. The third kappa shape index (κ3) is 2.72. The van der Waals surface area contributed by atoms with Gasteiger partial charge in [-0.2, -0.15) is 0 Å². The zero-order valence-electron chi connectivity index (χ0n) is 10.5. The standard InChI is InChI=1S/C15H14F2O2/c1-10-6-7-11-4-2-3-5-12(11)14(10)15(16,17)9-8-13(18)19/h2-7H,8-9H2,1H3,(H,18,19). The Morgan fingerprint density at radius 1 is 1.21 bits per heavy atom. The minimum atomic E-state index is -3.14. The molecule has 4 heteroatoms. The number of halogens is 2. The van der Waals surface area contributed by atoms with Crippen molar-refractivity contribution >= 4 is 16.7 Å². The van der Waals surface area contributed by atoms with Crippen LogP contribution in [0.25, 0.3) is 10.8 Å². The van der Waals surface area contributed by atoms with E-state index in [2.05, 4.69) is 0 Å². The average Bonchev–Trinajstić information content (AvgIpc) is 2.36. The van der Waals surface area contributed by atoms with Gasteiger partial charge in [0.1, 0.15) is 0 Å². The summed E-state index contributed by atoms with van der Waals surface area (Å²) < 4.78 is 28.5. The highest BCUT2D eigenvalue weighted by atomic mass is 19.3. The Balaban J connectivity index is 2.53. The highest BCUT2D eigenvalue weighted by Crippen LogP contribution is 2.39. The van der Waals surface area contributed by atoms with E-state index in [-0.39, 0.29) is 5.56 Å². The lowest BCUT2D eigenvalue weighted by Gasteiger charge is -2.20. The van der Waals surface area contributed by atoms with Gasteiger partial charge in [-0.3, -0.25) is 4.79 Å². The Morgan fingerprint density at radius 2 is 1.89 bits per heavy atom. The molecule has 0 spiro atoms. The summed E-state index contributed by atoms with van der Waals surface area (Å²) in [6.45, 7) is 1.62. The maximum atomic E-state index is 14.2. The second-order valence-corrected chi connectivity index (χ2v) is 4.58. The van der Waals surface area contributed by atoms with E-state index in [0.29, 0.717) is 10.9 Å². The van der Waals surface area contributed by atoms with Gasteiger partial charge in [0.25, 0.3) is 5.92 Å². The molecule has 0 fully saturated rings. The number of carboxylic acids is 1. The molecule has 1 N–H and O–H groups in total. The van der Waals surface area contributed by atoms with Crippen LogP contribution in [0.5, 0.6) is 0 Å². The number of benzene rings is 2. The van der Waals surface area contributed by atoms with Crippen LogP contribution in [0, 0.1) is 6.92 Å². The molecule has 2 nitrogen and oxygen atoms in total. The fourth-order valence-corrected chi connectivity index (χ4v) is 2.25. The van der Waals surface area contributed by atoms with Crippen LogP contribution in [0.15, 0.2) is 36.4 Å². The van der Waals surface area contributed by atoms with E-state index in [4.69, 9.17) is 5.11 Å². The minimum Gasteiger partial charge on any atom is -0.481 e. The van der Waals surface area contributed by atoms with Crippen molar-refractivity contribution in [3.05, 3.63) is 47.5 Å². The van der Waals surface area contributed by atoms with Gasteiger partial charge in [0, 0.05) is 12.0 Å². The summed E-state index contributed by atoms with van der Waals surface area (Å²) in [5.74, 6) is -4.35. The molecule has 0 bridgehead atoms. The molecule has 0 atom stereocenters. The molecule has 0 unspecified atom stereocenters. The predicted molar refractivity (Wildman–Crippen MR) is 69.4 cm³/mol. The van der Waals surface area contributed by atoms with Gasteiger partial charge in [-0.1, -0.05) is 36.4 Å². The Hall–Kier alpha value is -1.97. The summed E-state index contributed by atoms with van der Waals surface area (Å²) in [6.07, 6.45) is -1.23. The van der Waals surface area contributed by atoms with E-state index >= 15 is 0 Å². The van der Waals surface area contributed by atoms with Crippen LogP contribution in [0.2, 0.25) is 0 Å². The maximum Gasteiger partial charge on any atom is 0.303 e. The first-order valence-electron chi connectivity index (χ1n) is 6.00. The lowest BCUT2D eigenvalue weighted by molar-refractivity contribution is -0.139. The molecule has 0 amide bonds. The van der Waals surface area contributed by atoms with Crippen molar-refractivity contribution in [1.82, 2.24) is 0 Å². The molecule has 0 aromatic heterocycles. The number of carboxylic acid groups (broad SMARTS) is 1. The van der Waals surface area contributed by atoms with Gasteiger partial charge in [-0.15, -0.1) is 0 Å². The summed E-state index contributed by atoms with van der Waals surface area (Å²) in [5.41, 5.74) is 0.418. The molecule has 0 aliphatic carbocycles. The van der Waals surface area contributed by atoms with E-state index in [0.717, 1.165) is 5.39 Å². The van der Waals surface area contributed by atoms with Gasteiger partial charge in [0.05, 0.1) is 6.42 Å². The Morgan fingerprint density at radius 3 is 2.58 bits per heavy atom. The van der Waals surface area contributed by atoms with E-state index in [1.807, 2.05) is 0 Å². The Labute approximate surface area is 109 Å². The fraction of sp³-hybridized carbons (Fsp3) is 0.267. The van der Waals surface area contributed by atoms with Crippen LogP contribution in [-0.4, -0.2) is 11.1 Å². The number of hydrogen-bond acceptors (Lipinski definition) is 1. The number of hydrogen-bond donors (Lipinski definition) is 1. The van der Waals surface area contributed by atoms with Crippen LogP contribution < -0.4 is 0 Å². The van der Waals surface area contributed by atoms with Gasteiger partial charge in [0.2, 0.25) is 0 Å². The summed E-state index contributed by atoms with van der Waals surface area (Å²) in [7, 11) is 0. The lowest BCUT2D eigenvalue weighted by Crippen LogP contribution is -2.17. The first-order chi connectivity index (χ1) is 8.92. The lowest BCUT2D eigenvalue weighted by atomic mass is 9.93. The van der Waals surface area contributed by atoms with Crippen LogP contribution in [0.4, 0.5) is 8.78 Å². The predicted octanol–water partition coefficient (Wildman–Crippen LogP) is 4.10.